The summed E-state index contributed by atoms with van der Waals surface area (Å²) in [4.78, 5) is 24.7. The molecule has 0 radical (unpaired) electrons. The zero-order valence-electron chi connectivity index (χ0n) is 14.0. The first kappa shape index (κ1) is 16.9. The van der Waals surface area contributed by atoms with Gasteiger partial charge in [0.25, 0.3) is 5.91 Å². The minimum absolute atomic E-state index is 0.223. The van der Waals surface area contributed by atoms with E-state index >= 15 is 0 Å². The number of benzene rings is 3. The fourth-order valence-electron chi connectivity index (χ4n) is 2.69. The van der Waals surface area contributed by atoms with E-state index in [0.29, 0.717) is 22.9 Å². The van der Waals surface area contributed by atoms with Gasteiger partial charge in [-0.15, -0.1) is 0 Å². The number of nitrogens with one attached hydrogen (secondary N) is 2. The van der Waals surface area contributed by atoms with E-state index in [1.54, 1.807) is 77.8 Å². The highest BCUT2D eigenvalue weighted by Crippen LogP contribution is 2.31. The Labute approximate surface area is 160 Å². The zero-order valence-corrected chi connectivity index (χ0v) is 14.7. The first-order valence-electron chi connectivity index (χ1n) is 8.15. The summed E-state index contributed by atoms with van der Waals surface area (Å²) in [6, 6.07) is 20.3. The van der Waals surface area contributed by atoms with Crippen LogP contribution in [-0.2, 0) is 0 Å². The highest BCUT2D eigenvalue weighted by Gasteiger charge is 2.18. The number of rotatable bonds is 2. The molecular formula is C20H14ClN3O3. The van der Waals surface area contributed by atoms with Gasteiger partial charge in [0.1, 0.15) is 11.5 Å². The third-order valence-electron chi connectivity index (χ3n) is 3.98. The number of imide groups is 1. The van der Waals surface area contributed by atoms with Crippen LogP contribution in [0.2, 0.25) is 5.02 Å². The number of nitrogens with zero attached hydrogens (tertiary/aromatic N) is 1. The number of carbonyl (C=O) groups excluding carboxylic acids is 2. The van der Waals surface area contributed by atoms with E-state index in [-0.39, 0.29) is 10.6 Å². The van der Waals surface area contributed by atoms with Gasteiger partial charge < -0.3 is 4.74 Å². The van der Waals surface area contributed by atoms with Crippen LogP contribution in [0.1, 0.15) is 10.4 Å². The van der Waals surface area contributed by atoms with Gasteiger partial charge in [0.2, 0.25) is 0 Å². The number of hydrogen-bond acceptors (Lipinski definition) is 4. The van der Waals surface area contributed by atoms with E-state index in [4.69, 9.17) is 16.3 Å². The summed E-state index contributed by atoms with van der Waals surface area (Å²) in [6.45, 7) is 0. The van der Waals surface area contributed by atoms with E-state index < -0.39 is 11.9 Å². The van der Waals surface area contributed by atoms with Crippen molar-refractivity contribution in [2.45, 2.75) is 0 Å². The van der Waals surface area contributed by atoms with Crippen LogP contribution in [0.25, 0.3) is 0 Å². The molecule has 0 fully saturated rings. The van der Waals surface area contributed by atoms with Gasteiger partial charge in [0, 0.05) is 0 Å². The lowest BCUT2D eigenvalue weighted by atomic mass is 10.2. The first-order valence-corrected chi connectivity index (χ1v) is 8.52. The molecule has 4 bridgehead atoms. The second-order valence-corrected chi connectivity index (χ2v) is 6.21. The van der Waals surface area contributed by atoms with Gasteiger partial charge >= 0.3 is 6.03 Å². The number of anilines is 2. The molecule has 3 amide bonds. The molecule has 2 N–H and O–H groups in total. The molecule has 3 aromatic carbocycles. The number of ether oxygens (including phenoxy) is 1. The summed E-state index contributed by atoms with van der Waals surface area (Å²) in [5, 5.41) is 4.14. The van der Waals surface area contributed by atoms with Crippen molar-refractivity contribution in [2.24, 2.45) is 0 Å². The Bertz CT molecular complexity index is 958. The van der Waals surface area contributed by atoms with Gasteiger partial charge in [0.05, 0.1) is 22.0 Å². The standard InChI is InChI=1S/C20H14ClN3O3/c21-18-4-2-1-3-17(18)19(25)22-20(26)23-24-13-5-9-15(10-6-13)27-16-11-7-14(24)8-12-16/h1-12H,(H2,22,23,25,26). The van der Waals surface area contributed by atoms with Crippen molar-refractivity contribution in [2.75, 3.05) is 5.01 Å². The smallest absolute Gasteiger partial charge is 0.340 e. The highest BCUT2D eigenvalue weighted by molar-refractivity contribution is 6.34. The van der Waals surface area contributed by atoms with Crippen LogP contribution in [0, 0.1) is 0 Å². The lowest BCUT2D eigenvalue weighted by molar-refractivity contribution is 0.0964. The van der Waals surface area contributed by atoms with E-state index in [0.717, 1.165) is 0 Å². The molecule has 0 aromatic heterocycles. The average Bonchev–Trinajstić information content (AvgIpc) is 2.68. The van der Waals surface area contributed by atoms with E-state index in [2.05, 4.69) is 10.7 Å². The predicted octanol–water partition coefficient (Wildman–Crippen LogP) is 4.64. The van der Waals surface area contributed by atoms with E-state index in [1.807, 2.05) is 0 Å². The Hall–Kier alpha value is -3.51. The van der Waals surface area contributed by atoms with Crippen LogP contribution in [0.5, 0.6) is 11.5 Å². The van der Waals surface area contributed by atoms with Gasteiger partial charge in [-0.2, -0.15) is 0 Å². The van der Waals surface area contributed by atoms with Gasteiger partial charge in [-0.3, -0.25) is 15.1 Å². The molecule has 0 saturated heterocycles. The quantitative estimate of drug-likeness (QED) is 0.680. The Balaban J connectivity index is 1.57. The zero-order chi connectivity index (χ0) is 18.8. The van der Waals surface area contributed by atoms with Crippen molar-refractivity contribution in [1.29, 1.82) is 0 Å². The lowest BCUT2D eigenvalue weighted by Crippen LogP contribution is -2.47. The van der Waals surface area contributed by atoms with Gasteiger partial charge in [-0.05, 0) is 60.7 Å². The number of carbonyl (C=O) groups is 2. The molecule has 0 atom stereocenters. The number of amides is 3. The van der Waals surface area contributed by atoms with Crippen molar-refractivity contribution in [3.8, 4) is 11.5 Å². The predicted molar refractivity (Wildman–Crippen MR) is 103 cm³/mol. The average molecular weight is 380 g/mol. The van der Waals surface area contributed by atoms with Gasteiger partial charge in [0.15, 0.2) is 0 Å². The molecule has 3 aromatic rings. The summed E-state index contributed by atoms with van der Waals surface area (Å²) in [6.07, 6.45) is 0. The molecule has 4 heterocycles. The topological polar surface area (TPSA) is 70.7 Å². The summed E-state index contributed by atoms with van der Waals surface area (Å²) >= 11 is 6.01. The molecule has 0 spiro atoms. The Morgan fingerprint density at radius 3 is 1.93 bits per heavy atom. The maximum absolute atomic E-state index is 12.4. The van der Waals surface area contributed by atoms with Crippen LogP contribution in [0.15, 0.2) is 72.8 Å². The molecular weight excluding hydrogens is 366 g/mol. The second-order valence-electron chi connectivity index (χ2n) is 5.80. The molecule has 0 saturated carbocycles. The SMILES string of the molecule is O=C(NC(=O)c1ccccc1Cl)NN1c2ccc(cc2)Oc2ccc1cc2. The van der Waals surface area contributed by atoms with E-state index in [1.165, 1.54) is 0 Å². The second kappa shape index (κ2) is 7.01. The summed E-state index contributed by atoms with van der Waals surface area (Å²) < 4.78 is 5.71. The maximum atomic E-state index is 12.4. The molecule has 7 rings (SSSR count). The van der Waals surface area contributed by atoms with Crippen LogP contribution in [-0.4, -0.2) is 11.9 Å². The minimum Gasteiger partial charge on any atom is -0.457 e. The first-order chi connectivity index (χ1) is 13.1. The number of hydrogen-bond donors (Lipinski definition) is 2. The minimum atomic E-state index is -0.679. The normalized spacial score (nSPS) is 11.7. The maximum Gasteiger partial charge on any atom is 0.340 e. The lowest BCUT2D eigenvalue weighted by Gasteiger charge is -2.26. The van der Waals surface area contributed by atoms with Crippen molar-refractivity contribution >= 4 is 34.9 Å². The Kier molecular flexibility index (Phi) is 4.40. The highest BCUT2D eigenvalue weighted by atomic mass is 35.5. The molecule has 4 aliphatic rings. The van der Waals surface area contributed by atoms with Crippen molar-refractivity contribution < 1.29 is 14.3 Å². The van der Waals surface area contributed by atoms with Crippen LogP contribution in [0.4, 0.5) is 16.2 Å². The van der Waals surface area contributed by atoms with Crippen LogP contribution in [0.3, 0.4) is 0 Å². The molecule has 134 valence electrons. The van der Waals surface area contributed by atoms with Crippen LogP contribution >= 0.6 is 11.6 Å². The number of hydrazine groups is 1. The van der Waals surface area contributed by atoms with E-state index in [9.17, 15) is 9.59 Å². The monoisotopic (exact) mass is 379 g/mol. The third-order valence-corrected chi connectivity index (χ3v) is 4.31. The molecule has 7 heteroatoms. The largest absolute Gasteiger partial charge is 0.457 e. The fraction of sp³-hybridized carbons (Fsp3) is 0. The molecule has 0 unspecified atom stereocenters. The summed E-state index contributed by atoms with van der Waals surface area (Å²) in [5.41, 5.74) is 4.32. The fourth-order valence-corrected chi connectivity index (χ4v) is 2.91. The Morgan fingerprint density at radius 1 is 0.815 bits per heavy atom. The van der Waals surface area contributed by atoms with Crippen molar-refractivity contribution in [1.82, 2.24) is 10.7 Å². The summed E-state index contributed by atoms with van der Waals surface area (Å²) in [7, 11) is 0. The van der Waals surface area contributed by atoms with Crippen LogP contribution < -0.4 is 20.5 Å². The van der Waals surface area contributed by atoms with Gasteiger partial charge in [-0.25, -0.2) is 10.2 Å². The third kappa shape index (κ3) is 3.56. The molecule has 27 heavy (non-hydrogen) atoms. The number of urea groups is 1. The number of halogens is 1. The summed E-state index contributed by atoms with van der Waals surface area (Å²) in [5.74, 6) is 0.789. The van der Waals surface area contributed by atoms with Gasteiger partial charge in [-0.1, -0.05) is 23.7 Å². The molecule has 6 nitrogen and oxygen atoms in total. The Morgan fingerprint density at radius 2 is 1.37 bits per heavy atom. The van der Waals surface area contributed by atoms with Crippen molar-refractivity contribution in [3.05, 3.63) is 83.4 Å². The molecule has 4 aliphatic heterocycles. The van der Waals surface area contributed by atoms with Crippen molar-refractivity contribution in [3.63, 3.8) is 0 Å². The molecule has 0 aliphatic carbocycles.